The van der Waals surface area contributed by atoms with E-state index >= 15 is 0 Å². The SMILES string of the molecule is Cc1ccc([Se](c2ccccc2)c2ccc(C)cc2)cc1. The van der Waals surface area contributed by atoms with Gasteiger partial charge in [0.2, 0.25) is 0 Å². The summed E-state index contributed by atoms with van der Waals surface area (Å²) in [6, 6.07) is 29.0. The van der Waals surface area contributed by atoms with Crippen LogP contribution in [0.25, 0.3) is 0 Å². The Morgan fingerprint density at radius 1 is 0.476 bits per heavy atom. The number of aryl methyl sites for hydroxylation is 2. The van der Waals surface area contributed by atoms with Gasteiger partial charge in [-0.2, -0.15) is 0 Å². The second-order valence-electron chi connectivity index (χ2n) is 5.25. The minimum atomic E-state index is -1.19. The molecule has 3 aromatic carbocycles. The standard InChI is InChI=1S/C20H19Se/c1-16-8-12-19(13-9-16)21(18-6-4-3-5-7-18)20-14-10-17(2)11-15-20/h3-15H,1-2H3. The molecule has 105 valence electrons. The van der Waals surface area contributed by atoms with Gasteiger partial charge in [-0.3, -0.25) is 0 Å². The molecule has 3 rings (SSSR count). The first-order valence-electron chi connectivity index (χ1n) is 7.17. The molecule has 0 saturated heterocycles. The molecule has 1 radical (unpaired) electrons. The molecule has 0 bridgehead atoms. The first kappa shape index (κ1) is 14.1. The average Bonchev–Trinajstić information content (AvgIpc) is 2.52. The molecule has 0 amide bonds. The van der Waals surface area contributed by atoms with Crippen LogP contribution in [0.15, 0.2) is 78.9 Å². The van der Waals surface area contributed by atoms with E-state index in [9.17, 15) is 0 Å². The summed E-state index contributed by atoms with van der Waals surface area (Å²) < 4.78 is 4.40. The molecule has 0 heterocycles. The third-order valence-electron chi connectivity index (χ3n) is 3.49. The molecule has 0 nitrogen and oxygen atoms in total. The number of benzene rings is 3. The minimum absolute atomic E-state index is 1.19. The zero-order valence-corrected chi connectivity index (χ0v) is 14.1. The quantitative estimate of drug-likeness (QED) is 0.644. The zero-order chi connectivity index (χ0) is 14.7. The van der Waals surface area contributed by atoms with Crippen molar-refractivity contribution in [2.75, 3.05) is 0 Å². The summed E-state index contributed by atoms with van der Waals surface area (Å²) in [5.41, 5.74) is 2.64. The second-order valence-corrected chi connectivity index (χ2v) is 9.50. The van der Waals surface area contributed by atoms with Gasteiger partial charge in [0.25, 0.3) is 0 Å². The molecule has 0 spiro atoms. The molecular formula is C20H19Se. The molecule has 21 heavy (non-hydrogen) atoms. The predicted octanol–water partition coefficient (Wildman–Crippen LogP) is 2.82. The van der Waals surface area contributed by atoms with Crippen LogP contribution in [-0.4, -0.2) is 13.9 Å². The third kappa shape index (κ3) is 3.26. The Morgan fingerprint density at radius 3 is 1.29 bits per heavy atom. The van der Waals surface area contributed by atoms with Gasteiger partial charge in [0, 0.05) is 0 Å². The summed E-state index contributed by atoms with van der Waals surface area (Å²) in [7, 11) is 0. The molecule has 0 aromatic heterocycles. The van der Waals surface area contributed by atoms with Crippen molar-refractivity contribution in [3.05, 3.63) is 90.0 Å². The van der Waals surface area contributed by atoms with Gasteiger partial charge >= 0.3 is 131 Å². The molecule has 0 atom stereocenters. The maximum absolute atomic E-state index is 2.30. The Kier molecular flexibility index (Phi) is 4.24. The number of rotatable bonds is 3. The zero-order valence-electron chi connectivity index (χ0n) is 12.4. The van der Waals surface area contributed by atoms with Crippen LogP contribution in [0.4, 0.5) is 0 Å². The summed E-state index contributed by atoms with van der Waals surface area (Å²) in [5.74, 6) is 0. The van der Waals surface area contributed by atoms with Gasteiger partial charge in [0.1, 0.15) is 0 Å². The van der Waals surface area contributed by atoms with E-state index in [4.69, 9.17) is 0 Å². The molecule has 0 aliphatic rings. The Balaban J connectivity index is 2.11. The fraction of sp³-hybridized carbons (Fsp3) is 0.100. The molecule has 0 saturated carbocycles. The Morgan fingerprint density at radius 2 is 0.857 bits per heavy atom. The molecule has 1 heteroatoms. The van der Waals surface area contributed by atoms with Crippen LogP contribution < -0.4 is 13.4 Å². The summed E-state index contributed by atoms with van der Waals surface area (Å²) >= 11 is -1.19. The van der Waals surface area contributed by atoms with Crippen molar-refractivity contribution in [1.29, 1.82) is 0 Å². The fourth-order valence-corrected chi connectivity index (χ4v) is 6.64. The van der Waals surface area contributed by atoms with Crippen LogP contribution in [-0.2, 0) is 0 Å². The average molecular weight is 338 g/mol. The summed E-state index contributed by atoms with van der Waals surface area (Å²) in [6.07, 6.45) is 0. The first-order chi connectivity index (χ1) is 10.2. The molecular weight excluding hydrogens is 319 g/mol. The van der Waals surface area contributed by atoms with Gasteiger partial charge < -0.3 is 0 Å². The summed E-state index contributed by atoms with van der Waals surface area (Å²) in [6.45, 7) is 4.29. The first-order valence-corrected chi connectivity index (χ1v) is 9.74. The normalized spacial score (nSPS) is 10.8. The van der Waals surface area contributed by atoms with Crippen molar-refractivity contribution in [1.82, 2.24) is 0 Å². The third-order valence-corrected chi connectivity index (χ3v) is 8.17. The van der Waals surface area contributed by atoms with Crippen LogP contribution >= 0.6 is 0 Å². The molecule has 0 aliphatic carbocycles. The van der Waals surface area contributed by atoms with Crippen LogP contribution in [0.3, 0.4) is 0 Å². The summed E-state index contributed by atoms with van der Waals surface area (Å²) in [4.78, 5) is 0. The van der Waals surface area contributed by atoms with Crippen molar-refractivity contribution in [2.45, 2.75) is 13.8 Å². The predicted molar refractivity (Wildman–Crippen MR) is 93.5 cm³/mol. The van der Waals surface area contributed by atoms with Crippen molar-refractivity contribution in [3.8, 4) is 0 Å². The number of hydrogen-bond donors (Lipinski definition) is 0. The molecule has 0 fully saturated rings. The van der Waals surface area contributed by atoms with Crippen LogP contribution in [0.5, 0.6) is 0 Å². The molecule has 3 aromatic rings. The van der Waals surface area contributed by atoms with Crippen LogP contribution in [0, 0.1) is 13.8 Å². The number of hydrogen-bond acceptors (Lipinski definition) is 0. The Labute approximate surface area is 131 Å². The van der Waals surface area contributed by atoms with E-state index in [1.54, 1.807) is 0 Å². The van der Waals surface area contributed by atoms with Gasteiger partial charge in [-0.05, 0) is 0 Å². The molecule has 0 unspecified atom stereocenters. The Hall–Kier alpha value is -1.82. The fourth-order valence-electron chi connectivity index (χ4n) is 2.31. The van der Waals surface area contributed by atoms with E-state index in [2.05, 4.69) is 92.7 Å². The van der Waals surface area contributed by atoms with Crippen LogP contribution in [0.1, 0.15) is 11.1 Å². The topological polar surface area (TPSA) is 0 Å². The second kappa shape index (κ2) is 6.30. The van der Waals surface area contributed by atoms with Gasteiger partial charge in [0.05, 0.1) is 0 Å². The monoisotopic (exact) mass is 339 g/mol. The van der Waals surface area contributed by atoms with Crippen molar-refractivity contribution < 1.29 is 0 Å². The maximum atomic E-state index is 2.30. The molecule has 0 aliphatic heterocycles. The molecule has 0 N–H and O–H groups in total. The van der Waals surface area contributed by atoms with Crippen molar-refractivity contribution in [3.63, 3.8) is 0 Å². The van der Waals surface area contributed by atoms with E-state index < -0.39 is 13.9 Å². The van der Waals surface area contributed by atoms with Crippen molar-refractivity contribution >= 4 is 27.3 Å². The van der Waals surface area contributed by atoms with Gasteiger partial charge in [0.15, 0.2) is 0 Å². The van der Waals surface area contributed by atoms with E-state index in [1.165, 1.54) is 24.5 Å². The van der Waals surface area contributed by atoms with E-state index in [0.29, 0.717) is 0 Å². The van der Waals surface area contributed by atoms with Gasteiger partial charge in [-0.25, -0.2) is 0 Å². The van der Waals surface area contributed by atoms with Gasteiger partial charge in [-0.1, -0.05) is 0 Å². The van der Waals surface area contributed by atoms with E-state index in [0.717, 1.165) is 0 Å². The summed E-state index contributed by atoms with van der Waals surface area (Å²) in [5, 5.41) is 0. The van der Waals surface area contributed by atoms with Crippen LogP contribution in [0.2, 0.25) is 0 Å². The van der Waals surface area contributed by atoms with Gasteiger partial charge in [-0.15, -0.1) is 0 Å². The van der Waals surface area contributed by atoms with E-state index in [-0.39, 0.29) is 0 Å². The van der Waals surface area contributed by atoms with Crippen molar-refractivity contribution in [2.24, 2.45) is 0 Å². The van der Waals surface area contributed by atoms with E-state index in [1.807, 2.05) is 0 Å². The Bertz CT molecular complexity index is 652.